The van der Waals surface area contributed by atoms with Crippen LogP contribution in [-0.2, 0) is 0 Å². The summed E-state index contributed by atoms with van der Waals surface area (Å²) in [6.45, 7) is 7.85. The molecule has 3 heteroatoms. The molecular formula is C10H23N3. The van der Waals surface area contributed by atoms with Gasteiger partial charge in [0, 0.05) is 25.7 Å². The Morgan fingerprint density at radius 1 is 1.38 bits per heavy atom. The maximum absolute atomic E-state index is 5.52. The predicted octanol–water partition coefficient (Wildman–Crippen LogP) is 0.361. The molecule has 1 rings (SSSR count). The Kier molecular flexibility index (Phi) is 4.70. The van der Waals surface area contributed by atoms with Gasteiger partial charge in [0.1, 0.15) is 0 Å². The first-order valence-electron chi connectivity index (χ1n) is 5.36. The highest BCUT2D eigenvalue weighted by atomic mass is 15.2. The fraction of sp³-hybridized carbons (Fsp3) is 1.00. The molecule has 1 saturated heterocycles. The number of nitrogens with zero attached hydrogens (tertiary/aromatic N) is 2. The van der Waals surface area contributed by atoms with Gasteiger partial charge < -0.3 is 15.5 Å². The van der Waals surface area contributed by atoms with E-state index in [9.17, 15) is 0 Å². The van der Waals surface area contributed by atoms with Gasteiger partial charge in [-0.1, -0.05) is 0 Å². The first-order chi connectivity index (χ1) is 6.24. The molecule has 1 unspecified atom stereocenters. The van der Waals surface area contributed by atoms with E-state index < -0.39 is 0 Å². The zero-order valence-corrected chi connectivity index (χ0v) is 9.00. The molecule has 0 aliphatic carbocycles. The number of hydrogen-bond donors (Lipinski definition) is 1. The second-order valence-electron chi connectivity index (χ2n) is 4.13. The van der Waals surface area contributed by atoms with Crippen LogP contribution in [0.4, 0.5) is 0 Å². The Labute approximate surface area is 81.9 Å². The van der Waals surface area contributed by atoms with Gasteiger partial charge in [0.15, 0.2) is 0 Å². The van der Waals surface area contributed by atoms with Gasteiger partial charge in [0.2, 0.25) is 0 Å². The number of hydrogen-bond acceptors (Lipinski definition) is 3. The molecule has 0 bridgehead atoms. The van der Waals surface area contributed by atoms with Crippen LogP contribution in [0.1, 0.15) is 19.8 Å². The van der Waals surface area contributed by atoms with E-state index in [1.807, 2.05) is 0 Å². The van der Waals surface area contributed by atoms with Crippen LogP contribution in [0.25, 0.3) is 0 Å². The average molecular weight is 185 g/mol. The van der Waals surface area contributed by atoms with Gasteiger partial charge in [0.05, 0.1) is 0 Å². The van der Waals surface area contributed by atoms with E-state index in [-0.39, 0.29) is 0 Å². The fourth-order valence-electron chi connectivity index (χ4n) is 1.90. The summed E-state index contributed by atoms with van der Waals surface area (Å²) in [5.41, 5.74) is 5.52. The van der Waals surface area contributed by atoms with Crippen molar-refractivity contribution in [3.8, 4) is 0 Å². The van der Waals surface area contributed by atoms with Crippen molar-refractivity contribution < 1.29 is 0 Å². The molecule has 0 saturated carbocycles. The van der Waals surface area contributed by atoms with Crippen LogP contribution < -0.4 is 5.73 Å². The molecule has 13 heavy (non-hydrogen) atoms. The van der Waals surface area contributed by atoms with Gasteiger partial charge in [-0.25, -0.2) is 0 Å². The van der Waals surface area contributed by atoms with Crippen molar-refractivity contribution in [1.29, 1.82) is 0 Å². The van der Waals surface area contributed by atoms with Crippen LogP contribution in [0.2, 0.25) is 0 Å². The molecule has 0 aromatic rings. The standard InChI is InChI=1S/C10H23N3/c1-10(12(2)8-5-11)9-13-6-3-4-7-13/h10H,3-9,11H2,1-2H3. The summed E-state index contributed by atoms with van der Waals surface area (Å²) in [6.07, 6.45) is 2.76. The molecule has 0 radical (unpaired) electrons. The Morgan fingerprint density at radius 3 is 2.54 bits per heavy atom. The minimum Gasteiger partial charge on any atom is -0.329 e. The number of rotatable bonds is 5. The normalized spacial score (nSPS) is 21.2. The van der Waals surface area contributed by atoms with Gasteiger partial charge in [-0.15, -0.1) is 0 Å². The third kappa shape index (κ3) is 3.63. The first-order valence-corrected chi connectivity index (χ1v) is 5.36. The molecule has 0 spiro atoms. The molecule has 1 heterocycles. The van der Waals surface area contributed by atoms with E-state index in [2.05, 4.69) is 23.8 Å². The SMILES string of the molecule is CC(CN1CCCC1)N(C)CCN. The van der Waals surface area contributed by atoms with Gasteiger partial charge in [-0.3, -0.25) is 0 Å². The molecule has 1 fully saturated rings. The highest BCUT2D eigenvalue weighted by Crippen LogP contribution is 2.09. The Morgan fingerprint density at radius 2 is 2.00 bits per heavy atom. The van der Waals surface area contributed by atoms with Crippen molar-refractivity contribution in [3.63, 3.8) is 0 Å². The molecule has 1 atom stereocenters. The second-order valence-corrected chi connectivity index (χ2v) is 4.13. The van der Waals surface area contributed by atoms with Crippen LogP contribution in [-0.4, -0.2) is 55.6 Å². The minimum absolute atomic E-state index is 0.640. The lowest BCUT2D eigenvalue weighted by Crippen LogP contribution is -2.41. The largest absolute Gasteiger partial charge is 0.329 e. The molecule has 0 aromatic carbocycles. The minimum atomic E-state index is 0.640. The van der Waals surface area contributed by atoms with Crippen LogP contribution in [0.3, 0.4) is 0 Å². The Hall–Kier alpha value is -0.120. The number of likely N-dealkylation sites (tertiary alicyclic amines) is 1. The lowest BCUT2D eigenvalue weighted by atomic mass is 10.3. The molecule has 1 aliphatic heterocycles. The van der Waals surface area contributed by atoms with Crippen LogP contribution in [0, 0.1) is 0 Å². The van der Waals surface area contributed by atoms with Gasteiger partial charge in [-0.05, 0) is 39.9 Å². The molecule has 0 aromatic heterocycles. The summed E-state index contributed by atoms with van der Waals surface area (Å²) in [5.74, 6) is 0. The summed E-state index contributed by atoms with van der Waals surface area (Å²) in [5, 5.41) is 0. The second kappa shape index (κ2) is 5.58. The highest BCUT2D eigenvalue weighted by molar-refractivity contribution is 4.73. The van der Waals surface area contributed by atoms with Crippen molar-refractivity contribution in [2.45, 2.75) is 25.8 Å². The zero-order chi connectivity index (χ0) is 9.68. The van der Waals surface area contributed by atoms with Crippen molar-refractivity contribution in [1.82, 2.24) is 9.80 Å². The smallest absolute Gasteiger partial charge is 0.0192 e. The predicted molar refractivity (Wildman–Crippen MR) is 56.8 cm³/mol. The van der Waals surface area contributed by atoms with E-state index in [1.54, 1.807) is 0 Å². The summed E-state index contributed by atoms with van der Waals surface area (Å²) < 4.78 is 0. The lowest BCUT2D eigenvalue weighted by Gasteiger charge is -2.28. The van der Waals surface area contributed by atoms with Crippen LogP contribution in [0.15, 0.2) is 0 Å². The van der Waals surface area contributed by atoms with Crippen molar-refractivity contribution >= 4 is 0 Å². The van der Waals surface area contributed by atoms with Crippen LogP contribution in [0.5, 0.6) is 0 Å². The molecule has 78 valence electrons. The molecule has 3 nitrogen and oxygen atoms in total. The summed E-state index contributed by atoms with van der Waals surface area (Å²) in [7, 11) is 2.16. The maximum atomic E-state index is 5.52. The van der Waals surface area contributed by atoms with E-state index in [1.165, 1.54) is 32.5 Å². The van der Waals surface area contributed by atoms with Crippen molar-refractivity contribution in [3.05, 3.63) is 0 Å². The summed E-state index contributed by atoms with van der Waals surface area (Å²) >= 11 is 0. The van der Waals surface area contributed by atoms with Crippen molar-refractivity contribution in [2.24, 2.45) is 5.73 Å². The van der Waals surface area contributed by atoms with E-state index in [4.69, 9.17) is 5.73 Å². The van der Waals surface area contributed by atoms with Crippen LogP contribution >= 0.6 is 0 Å². The Bertz CT molecular complexity index is 132. The number of likely N-dealkylation sites (N-methyl/N-ethyl adjacent to an activating group) is 1. The average Bonchev–Trinajstić information content (AvgIpc) is 2.57. The van der Waals surface area contributed by atoms with Crippen molar-refractivity contribution in [2.75, 3.05) is 39.8 Å². The molecular weight excluding hydrogens is 162 g/mol. The summed E-state index contributed by atoms with van der Waals surface area (Å²) in [4.78, 5) is 4.90. The topological polar surface area (TPSA) is 32.5 Å². The maximum Gasteiger partial charge on any atom is 0.0192 e. The van der Waals surface area contributed by atoms with Gasteiger partial charge in [0.25, 0.3) is 0 Å². The van der Waals surface area contributed by atoms with E-state index in [0.717, 1.165) is 13.1 Å². The van der Waals surface area contributed by atoms with E-state index in [0.29, 0.717) is 6.04 Å². The zero-order valence-electron chi connectivity index (χ0n) is 9.00. The third-order valence-corrected chi connectivity index (χ3v) is 2.96. The van der Waals surface area contributed by atoms with E-state index >= 15 is 0 Å². The summed E-state index contributed by atoms with van der Waals surface area (Å²) in [6, 6.07) is 0.640. The monoisotopic (exact) mass is 185 g/mol. The quantitative estimate of drug-likeness (QED) is 0.671. The molecule has 0 amide bonds. The first kappa shape index (κ1) is 11.0. The highest BCUT2D eigenvalue weighted by Gasteiger charge is 2.16. The third-order valence-electron chi connectivity index (χ3n) is 2.96. The molecule has 2 N–H and O–H groups in total. The Balaban J connectivity index is 2.18. The number of nitrogens with two attached hydrogens (primary N) is 1. The van der Waals surface area contributed by atoms with Gasteiger partial charge >= 0.3 is 0 Å². The fourth-order valence-corrected chi connectivity index (χ4v) is 1.90. The lowest BCUT2D eigenvalue weighted by molar-refractivity contribution is 0.196. The molecule has 1 aliphatic rings. The van der Waals surface area contributed by atoms with Gasteiger partial charge in [-0.2, -0.15) is 0 Å².